The van der Waals surface area contributed by atoms with Crippen molar-refractivity contribution in [3.05, 3.63) is 34.9 Å². The average Bonchev–Trinajstić information content (AvgIpc) is 2.16. The van der Waals surface area contributed by atoms with Gasteiger partial charge in [0, 0.05) is 6.04 Å². The summed E-state index contributed by atoms with van der Waals surface area (Å²) in [6.45, 7) is 5.98. The normalized spacial score (nSPS) is 15.2. The molecule has 2 atom stereocenters. The van der Waals surface area contributed by atoms with Crippen LogP contribution in [0.25, 0.3) is 0 Å². The molecular formula is C12H19NO. The Bertz CT molecular complexity index is 307. The van der Waals surface area contributed by atoms with Crippen molar-refractivity contribution >= 4 is 0 Å². The number of rotatable bonds is 3. The Hall–Kier alpha value is -0.860. The van der Waals surface area contributed by atoms with E-state index in [1.807, 2.05) is 19.2 Å². The first kappa shape index (κ1) is 11.2. The lowest BCUT2D eigenvalue weighted by Gasteiger charge is -2.17. The molecule has 0 heterocycles. The summed E-state index contributed by atoms with van der Waals surface area (Å²) in [5.41, 5.74) is 3.46. The Morgan fingerprint density at radius 3 is 2.29 bits per heavy atom. The lowest BCUT2D eigenvalue weighted by molar-refractivity contribution is 0.198. The highest BCUT2D eigenvalue weighted by molar-refractivity contribution is 5.37. The zero-order chi connectivity index (χ0) is 10.7. The smallest absolute Gasteiger partial charge is 0.0764 e. The fraction of sp³-hybridized carbons (Fsp3) is 0.500. The maximum absolute atomic E-state index is 9.56. The molecule has 0 radical (unpaired) electrons. The molecule has 0 amide bonds. The standard InChI is InChI=1S/C12H19NO/c1-8-11(9(2)13-4)6-5-7-12(8)10(3)14/h5-7,9-10,13-14H,1-4H3/t9-,10?/m1/s1. The molecule has 0 bridgehead atoms. The molecule has 1 unspecified atom stereocenters. The van der Waals surface area contributed by atoms with Crippen LogP contribution in [-0.4, -0.2) is 12.2 Å². The van der Waals surface area contributed by atoms with Gasteiger partial charge in [0.05, 0.1) is 6.10 Å². The van der Waals surface area contributed by atoms with Crippen molar-refractivity contribution in [2.45, 2.75) is 32.9 Å². The molecular weight excluding hydrogens is 174 g/mol. The second-order valence-electron chi connectivity index (χ2n) is 3.75. The minimum atomic E-state index is -0.390. The molecule has 14 heavy (non-hydrogen) atoms. The summed E-state index contributed by atoms with van der Waals surface area (Å²) in [7, 11) is 1.94. The van der Waals surface area contributed by atoms with Gasteiger partial charge < -0.3 is 10.4 Å². The molecule has 0 aromatic heterocycles. The van der Waals surface area contributed by atoms with E-state index in [-0.39, 0.29) is 6.10 Å². The minimum absolute atomic E-state index is 0.327. The topological polar surface area (TPSA) is 32.3 Å². The molecule has 1 aromatic carbocycles. The number of nitrogens with one attached hydrogen (secondary N) is 1. The predicted molar refractivity (Wildman–Crippen MR) is 59.3 cm³/mol. The highest BCUT2D eigenvalue weighted by atomic mass is 16.3. The van der Waals surface area contributed by atoms with Gasteiger partial charge in [-0.15, -0.1) is 0 Å². The highest BCUT2D eigenvalue weighted by Crippen LogP contribution is 2.24. The maximum Gasteiger partial charge on any atom is 0.0764 e. The molecule has 0 fully saturated rings. The van der Waals surface area contributed by atoms with Crippen molar-refractivity contribution in [2.24, 2.45) is 0 Å². The molecule has 2 N–H and O–H groups in total. The summed E-state index contributed by atoms with van der Waals surface area (Å²) in [5, 5.41) is 12.8. The minimum Gasteiger partial charge on any atom is -0.389 e. The van der Waals surface area contributed by atoms with Gasteiger partial charge in [0.25, 0.3) is 0 Å². The van der Waals surface area contributed by atoms with Gasteiger partial charge in [-0.3, -0.25) is 0 Å². The van der Waals surface area contributed by atoms with Crippen LogP contribution in [0.3, 0.4) is 0 Å². The maximum atomic E-state index is 9.56. The molecule has 2 heteroatoms. The van der Waals surface area contributed by atoms with Crippen LogP contribution in [0.4, 0.5) is 0 Å². The van der Waals surface area contributed by atoms with E-state index in [1.54, 1.807) is 6.92 Å². The van der Waals surface area contributed by atoms with E-state index in [4.69, 9.17) is 0 Å². The van der Waals surface area contributed by atoms with E-state index in [1.165, 1.54) is 11.1 Å². The summed E-state index contributed by atoms with van der Waals surface area (Å²) < 4.78 is 0. The van der Waals surface area contributed by atoms with Gasteiger partial charge in [-0.25, -0.2) is 0 Å². The molecule has 0 saturated heterocycles. The first-order valence-corrected chi connectivity index (χ1v) is 5.02. The van der Waals surface area contributed by atoms with Gasteiger partial charge in [-0.2, -0.15) is 0 Å². The van der Waals surface area contributed by atoms with Gasteiger partial charge >= 0.3 is 0 Å². The molecule has 0 spiro atoms. The summed E-state index contributed by atoms with van der Waals surface area (Å²) in [6, 6.07) is 6.40. The van der Waals surface area contributed by atoms with Crippen molar-refractivity contribution in [1.82, 2.24) is 5.32 Å². The van der Waals surface area contributed by atoms with Crippen molar-refractivity contribution < 1.29 is 5.11 Å². The number of benzene rings is 1. The van der Waals surface area contributed by atoms with E-state index in [2.05, 4.69) is 25.2 Å². The van der Waals surface area contributed by atoms with Crippen molar-refractivity contribution in [2.75, 3.05) is 7.05 Å². The molecule has 1 aromatic rings. The predicted octanol–water partition coefficient (Wildman–Crippen LogP) is 2.33. The first-order valence-electron chi connectivity index (χ1n) is 5.02. The van der Waals surface area contributed by atoms with E-state index in [9.17, 15) is 5.11 Å². The summed E-state index contributed by atoms with van der Waals surface area (Å²) in [5.74, 6) is 0. The van der Waals surface area contributed by atoms with Gasteiger partial charge in [0.1, 0.15) is 0 Å². The number of hydrogen-bond acceptors (Lipinski definition) is 2. The molecule has 0 saturated carbocycles. The third-order valence-corrected chi connectivity index (χ3v) is 2.77. The second-order valence-corrected chi connectivity index (χ2v) is 3.75. The Labute approximate surface area is 86.0 Å². The molecule has 0 aliphatic heterocycles. The molecule has 1 rings (SSSR count). The summed E-state index contributed by atoms with van der Waals surface area (Å²) in [6.07, 6.45) is -0.390. The third-order valence-electron chi connectivity index (χ3n) is 2.77. The van der Waals surface area contributed by atoms with Crippen LogP contribution < -0.4 is 5.32 Å². The second kappa shape index (κ2) is 4.58. The molecule has 2 nitrogen and oxygen atoms in total. The first-order chi connectivity index (χ1) is 6.57. The van der Waals surface area contributed by atoms with Crippen LogP contribution in [0.5, 0.6) is 0 Å². The van der Waals surface area contributed by atoms with Gasteiger partial charge in [0.2, 0.25) is 0 Å². The van der Waals surface area contributed by atoms with Crippen LogP contribution in [-0.2, 0) is 0 Å². The Morgan fingerprint density at radius 2 is 1.79 bits per heavy atom. The van der Waals surface area contributed by atoms with E-state index >= 15 is 0 Å². The fourth-order valence-electron chi connectivity index (χ4n) is 1.75. The van der Waals surface area contributed by atoms with Crippen LogP contribution in [0.15, 0.2) is 18.2 Å². The van der Waals surface area contributed by atoms with Gasteiger partial charge in [0.15, 0.2) is 0 Å². The van der Waals surface area contributed by atoms with E-state index < -0.39 is 0 Å². The quantitative estimate of drug-likeness (QED) is 0.772. The van der Waals surface area contributed by atoms with Crippen molar-refractivity contribution in [3.63, 3.8) is 0 Å². The lowest BCUT2D eigenvalue weighted by Crippen LogP contribution is -2.14. The Morgan fingerprint density at radius 1 is 1.21 bits per heavy atom. The Balaban J connectivity index is 3.13. The van der Waals surface area contributed by atoms with E-state index in [0.717, 1.165) is 5.56 Å². The SMILES string of the molecule is CN[C@H](C)c1cccc(C(C)O)c1C. The van der Waals surface area contributed by atoms with E-state index in [0.29, 0.717) is 6.04 Å². The lowest BCUT2D eigenvalue weighted by atomic mass is 9.95. The molecule has 78 valence electrons. The molecule has 0 aliphatic carbocycles. The Kier molecular flexibility index (Phi) is 3.67. The van der Waals surface area contributed by atoms with Crippen LogP contribution in [0.2, 0.25) is 0 Å². The zero-order valence-corrected chi connectivity index (χ0v) is 9.33. The van der Waals surface area contributed by atoms with Crippen molar-refractivity contribution in [3.8, 4) is 0 Å². The van der Waals surface area contributed by atoms with Crippen LogP contribution in [0.1, 0.15) is 42.7 Å². The van der Waals surface area contributed by atoms with Crippen LogP contribution in [0, 0.1) is 6.92 Å². The van der Waals surface area contributed by atoms with Crippen LogP contribution >= 0.6 is 0 Å². The fourth-order valence-corrected chi connectivity index (χ4v) is 1.75. The third kappa shape index (κ3) is 2.14. The number of aliphatic hydroxyl groups excluding tert-OH is 1. The summed E-state index contributed by atoms with van der Waals surface area (Å²) in [4.78, 5) is 0. The zero-order valence-electron chi connectivity index (χ0n) is 9.33. The monoisotopic (exact) mass is 193 g/mol. The number of hydrogen-bond donors (Lipinski definition) is 2. The van der Waals surface area contributed by atoms with Crippen molar-refractivity contribution in [1.29, 1.82) is 0 Å². The molecule has 0 aliphatic rings. The largest absolute Gasteiger partial charge is 0.389 e. The number of aliphatic hydroxyl groups is 1. The summed E-state index contributed by atoms with van der Waals surface area (Å²) >= 11 is 0. The highest BCUT2D eigenvalue weighted by Gasteiger charge is 2.11. The average molecular weight is 193 g/mol. The van der Waals surface area contributed by atoms with Gasteiger partial charge in [-0.1, -0.05) is 18.2 Å². The van der Waals surface area contributed by atoms with Gasteiger partial charge in [-0.05, 0) is 44.5 Å².